The molecule has 2 aromatic rings. The van der Waals surface area contributed by atoms with Crippen molar-refractivity contribution in [2.45, 2.75) is 117 Å². The Morgan fingerprint density at radius 2 is 1.56 bits per heavy atom. The molecular weight excluding hydrogens is 778 g/mol. The van der Waals surface area contributed by atoms with Crippen molar-refractivity contribution in [2.24, 2.45) is 11.8 Å². The van der Waals surface area contributed by atoms with Gasteiger partial charge in [-0.15, -0.1) is 23.5 Å². The van der Waals surface area contributed by atoms with Crippen LogP contribution in [0.15, 0.2) is 58.3 Å². The number of urea groups is 1. The first-order chi connectivity index (χ1) is 26.2. The molecule has 0 radical (unpaired) electrons. The van der Waals surface area contributed by atoms with E-state index in [0.717, 1.165) is 39.5 Å². The van der Waals surface area contributed by atoms with Crippen molar-refractivity contribution in [3.63, 3.8) is 0 Å². The molecule has 0 saturated carbocycles. The molecule has 302 valence electrons. The summed E-state index contributed by atoms with van der Waals surface area (Å²) >= 11 is 5.10. The second-order valence-corrected chi connectivity index (χ2v) is 20.0. The Balaban J connectivity index is 1.21. The minimum Gasteiger partial charge on any atom is -0.344 e. The van der Waals surface area contributed by atoms with Crippen LogP contribution in [0.3, 0.4) is 0 Å². The Morgan fingerprint density at radius 3 is 2.13 bits per heavy atom. The summed E-state index contributed by atoms with van der Waals surface area (Å²) in [7, 11) is -4.82. The third-order valence-electron chi connectivity index (χ3n) is 11.0. The highest BCUT2D eigenvalue weighted by atomic mass is 32.2. The predicted octanol–water partition coefficient (Wildman–Crippen LogP) is 5.77. The quantitative estimate of drug-likeness (QED) is 0.0468. The molecular formula is C39H56N5O7PS3. The maximum absolute atomic E-state index is 14.0. The van der Waals surface area contributed by atoms with E-state index in [4.69, 9.17) is 0 Å². The maximum Gasteiger partial charge on any atom is 0.347 e. The first-order valence-corrected chi connectivity index (χ1v) is 24.3. The summed E-state index contributed by atoms with van der Waals surface area (Å²) < 4.78 is 13.0. The number of carbonyl (C=O) groups is 4. The van der Waals surface area contributed by atoms with Gasteiger partial charge in [-0.3, -0.25) is 18.9 Å². The Kier molecular flexibility index (Phi) is 15.5. The Morgan fingerprint density at radius 1 is 0.945 bits per heavy atom. The van der Waals surface area contributed by atoms with Gasteiger partial charge in [0.25, 0.3) is 0 Å². The van der Waals surface area contributed by atoms with E-state index in [1.807, 2.05) is 93.6 Å². The molecule has 0 aliphatic carbocycles. The second kappa shape index (κ2) is 19.7. The number of rotatable bonds is 18. The lowest BCUT2D eigenvalue weighted by Crippen LogP contribution is -2.56. The number of carbonyl (C=O) groups excluding carboxylic acids is 4. The summed E-state index contributed by atoms with van der Waals surface area (Å²) in [6, 6.07) is 14.7. The molecule has 7 atom stereocenters. The van der Waals surface area contributed by atoms with Gasteiger partial charge in [-0.25, -0.2) is 4.79 Å². The number of benzene rings is 2. The van der Waals surface area contributed by atoms with Crippen LogP contribution in [0.25, 0.3) is 0 Å². The van der Waals surface area contributed by atoms with Crippen molar-refractivity contribution < 1.29 is 33.5 Å². The van der Waals surface area contributed by atoms with Gasteiger partial charge in [0.15, 0.2) is 0 Å². The second-order valence-electron chi connectivity index (χ2n) is 15.2. The van der Waals surface area contributed by atoms with Crippen LogP contribution in [0.1, 0.15) is 82.8 Å². The number of nitrogens with zero attached hydrogens (tertiary/aromatic N) is 1. The van der Waals surface area contributed by atoms with Gasteiger partial charge in [0, 0.05) is 39.7 Å². The summed E-state index contributed by atoms with van der Waals surface area (Å²) in [5.41, 5.74) is 2.02. The van der Waals surface area contributed by atoms with Crippen LogP contribution in [0.4, 0.5) is 4.79 Å². The molecule has 0 bridgehead atoms. The molecule has 3 heterocycles. The van der Waals surface area contributed by atoms with Crippen molar-refractivity contribution in [3.05, 3.63) is 59.7 Å². The monoisotopic (exact) mass is 833 g/mol. The third kappa shape index (κ3) is 11.3. The van der Waals surface area contributed by atoms with E-state index in [-0.39, 0.29) is 60.5 Å². The zero-order chi connectivity index (χ0) is 39.9. The number of nitrogens with one attached hydrogen (secondary N) is 4. The Hall–Kier alpha value is -2.68. The Bertz CT molecular complexity index is 1650. The molecule has 0 spiro atoms. The molecule has 0 aromatic heterocycles. The average Bonchev–Trinajstić information content (AvgIpc) is 3.89. The van der Waals surface area contributed by atoms with Gasteiger partial charge in [0.05, 0.1) is 12.1 Å². The Labute approximate surface area is 337 Å². The highest BCUT2D eigenvalue weighted by Crippen LogP contribution is 2.46. The molecule has 16 heteroatoms. The molecule has 5 rings (SSSR count). The van der Waals surface area contributed by atoms with Crippen LogP contribution in [0.2, 0.25) is 0 Å². The van der Waals surface area contributed by atoms with E-state index in [0.29, 0.717) is 31.1 Å². The van der Waals surface area contributed by atoms with Crippen LogP contribution in [0.5, 0.6) is 0 Å². The van der Waals surface area contributed by atoms with Gasteiger partial charge in [0.1, 0.15) is 17.9 Å². The average molecular weight is 834 g/mol. The van der Waals surface area contributed by atoms with Crippen LogP contribution in [0, 0.1) is 11.8 Å². The lowest BCUT2D eigenvalue weighted by atomic mass is 9.80. The van der Waals surface area contributed by atoms with E-state index in [1.165, 1.54) is 4.90 Å². The fourth-order valence-electron chi connectivity index (χ4n) is 8.02. The summed E-state index contributed by atoms with van der Waals surface area (Å²) in [6.45, 7) is 5.94. The molecule has 3 saturated heterocycles. The number of unbranched alkanes of at least 4 members (excludes halogenated alkanes) is 1. The molecule has 55 heavy (non-hydrogen) atoms. The maximum atomic E-state index is 14.0. The van der Waals surface area contributed by atoms with Gasteiger partial charge < -0.3 is 36.0 Å². The molecule has 5 amide bonds. The zero-order valence-electron chi connectivity index (χ0n) is 32.2. The highest BCUT2D eigenvalue weighted by molar-refractivity contribution is 8.00. The van der Waals surface area contributed by atoms with E-state index < -0.39 is 31.4 Å². The third-order valence-corrected chi connectivity index (χ3v) is 15.1. The normalized spacial score (nSPS) is 22.6. The minimum atomic E-state index is -4.82. The van der Waals surface area contributed by atoms with Crippen molar-refractivity contribution in [3.8, 4) is 0 Å². The zero-order valence-corrected chi connectivity index (χ0v) is 35.6. The van der Waals surface area contributed by atoms with Gasteiger partial charge in [-0.1, -0.05) is 51.5 Å². The van der Waals surface area contributed by atoms with Crippen molar-refractivity contribution in [2.75, 3.05) is 24.8 Å². The molecule has 2 aromatic carbocycles. The van der Waals surface area contributed by atoms with Crippen molar-refractivity contribution in [1.82, 2.24) is 26.2 Å². The molecule has 3 aliphatic heterocycles. The van der Waals surface area contributed by atoms with Crippen molar-refractivity contribution in [1.29, 1.82) is 0 Å². The topological polar surface area (TPSA) is 177 Å². The summed E-state index contributed by atoms with van der Waals surface area (Å²) in [4.78, 5) is 77.4. The molecule has 7 unspecified atom stereocenters. The number of amides is 5. The van der Waals surface area contributed by atoms with Gasteiger partial charge in [-0.05, 0) is 91.8 Å². The number of hydrogen-bond acceptors (Lipinski definition) is 8. The summed E-state index contributed by atoms with van der Waals surface area (Å²) in [5, 5.41) is 11.8. The standard InChI is InChI=1S/C39H56N5O7PS3/c1-23(2)35(41-32(45)11-7-6-10-31-36-29(22-55-31)40-39(48)43-36)38(47)44-20-8-9-30(44)37(46)42-33(52(49,50)51)21-24(3)34(25-12-16-27(53-4)17-13-25)26-14-18-28(54-5)19-15-26/h12-19,23-24,29-31,33-36H,6-11,20-22H2,1-5H3,(H,41,45)(H,42,46)(H2,40,43,48)(H2,49,50,51). The lowest BCUT2D eigenvalue weighted by Gasteiger charge is -2.33. The van der Waals surface area contributed by atoms with Crippen LogP contribution in [-0.4, -0.2) is 98.4 Å². The number of hydrogen-bond donors (Lipinski definition) is 6. The summed E-state index contributed by atoms with van der Waals surface area (Å²) in [6.07, 6.45) is 7.51. The van der Waals surface area contributed by atoms with E-state index in [9.17, 15) is 33.5 Å². The molecule has 12 nitrogen and oxygen atoms in total. The van der Waals surface area contributed by atoms with Crippen molar-refractivity contribution >= 4 is 66.6 Å². The summed E-state index contributed by atoms with van der Waals surface area (Å²) in [5.74, 6) is -2.52. The lowest BCUT2D eigenvalue weighted by molar-refractivity contribution is -0.142. The fourth-order valence-corrected chi connectivity index (χ4v) is 11.3. The fraction of sp³-hybridized carbons (Fsp3) is 0.590. The molecule has 3 fully saturated rings. The first kappa shape index (κ1) is 43.4. The van der Waals surface area contributed by atoms with Crippen LogP contribution < -0.4 is 21.3 Å². The molecule has 3 aliphatic rings. The van der Waals surface area contributed by atoms with Gasteiger partial charge in [-0.2, -0.15) is 11.8 Å². The minimum absolute atomic E-state index is 0.00673. The SMILES string of the molecule is CSc1ccc(C(c2ccc(SC)cc2)C(C)CC(NC(=O)C2CCCN2C(=O)C(NC(=O)CCCCC2SCC3NC(=O)NC32)C(C)C)P(=O)(O)O)cc1. The van der Waals surface area contributed by atoms with Crippen LogP contribution in [-0.2, 0) is 18.9 Å². The van der Waals surface area contributed by atoms with Gasteiger partial charge >= 0.3 is 13.6 Å². The van der Waals surface area contributed by atoms with Gasteiger partial charge in [0.2, 0.25) is 17.7 Å². The predicted molar refractivity (Wildman–Crippen MR) is 222 cm³/mol. The van der Waals surface area contributed by atoms with E-state index in [1.54, 1.807) is 23.5 Å². The number of thioether (sulfide) groups is 3. The highest BCUT2D eigenvalue weighted by Gasteiger charge is 2.43. The number of likely N-dealkylation sites (tertiary alicyclic amines) is 1. The largest absolute Gasteiger partial charge is 0.347 e. The molecule has 6 N–H and O–H groups in total. The smallest absolute Gasteiger partial charge is 0.344 e. The number of fused-ring (bicyclic) bond motifs is 1. The van der Waals surface area contributed by atoms with E-state index >= 15 is 0 Å². The van der Waals surface area contributed by atoms with E-state index in [2.05, 4.69) is 21.3 Å². The first-order valence-electron chi connectivity index (χ1n) is 19.1. The van der Waals surface area contributed by atoms with Crippen LogP contribution >= 0.6 is 42.9 Å².